The topological polar surface area (TPSA) is 111 Å². The number of hydrogen-bond acceptors (Lipinski definition) is 13. The smallest absolute Gasteiger partial charge is 2.00 e. The molecule has 4 radical (unpaired) electrons. The first-order chi connectivity index (χ1) is 52.8. The Hall–Kier alpha value is -9.12. The molecule has 0 fully saturated rings. The standard InChI is InChI=1S/C23H18N2O2S.C23H18N2O2Se.C23H18N2OSe.C23H18N2Se.4Rh/c2*1-16-7-3-5-9-20(16)25-14-21(24(2)15-25)17-11-12-23-19(13-17)18-8-4-6-10-22(18)28(23,26)27;1-16-7-3-5-9-20(16)25-14-21(24(2)15-25)17-11-12-23-19(13-17)18-8-4-6-10-22(18)27(23)26;1-16-7-3-5-9-20(16)25-14-21(24(2)15-25)17-11-12-23-19(13-17)18-8-4-6-10-22(18)26-23;;;;/h2*3-15H,1H2,2H3;3-15H,1H2,2H3;3-15H,1H2,2H3;;;;/q4*-2;4*+2. The van der Waals surface area contributed by atoms with Crippen LogP contribution in [0.25, 0.3) is 75.5 Å². The SMILES string of the molecule is [CH2-]c1ccccc1N1C=C(c2ccc3[se]c4ccccc4c3c2)N(C)[CH-]1.[CH2-]c1ccccc1N1C=C(c2ccc3c(c2)-c2ccccc2S3(=O)=O)N(C)[CH-]1.[CH2-]c1ccccc1N1C=C(c2ccc3c(c2)-c2ccccc2[Se]3(=O)=O)N(C)[CH-]1.[CH2-]c1ccccc1N1C=C(c2ccc3c(c2)-c2ccccc2[Se]3=O)N(C)[CH-]1.[Rh+2].[Rh+2].[Rh+2].[Rh+2]. The van der Waals surface area contributed by atoms with Crippen LogP contribution in [0.1, 0.15) is 44.5 Å². The fourth-order valence-corrected chi connectivity index (χ4v) is 25.3. The first-order valence-corrected chi connectivity index (χ1v) is 44.0. The average molecular weight is 2050 g/mol. The molecular weight excluding hydrogens is 1980 g/mol. The molecule has 0 aliphatic carbocycles. The third-order valence-corrected chi connectivity index (χ3v) is 31.8. The minimum atomic E-state index is -4.30. The number of hydrogen-bond donors (Lipinski definition) is 0. The predicted molar refractivity (Wildman–Crippen MR) is 445 cm³/mol. The molecule has 0 amide bonds. The zero-order valence-electron chi connectivity index (χ0n) is 61.4. The van der Waals surface area contributed by atoms with Crippen LogP contribution in [0.2, 0.25) is 0 Å². The summed E-state index contributed by atoms with van der Waals surface area (Å²) in [6.45, 7) is 24.7. The van der Waals surface area contributed by atoms with E-state index in [1.807, 2.05) is 218 Å². The van der Waals surface area contributed by atoms with Gasteiger partial charge in [0, 0.05) is 16.8 Å². The van der Waals surface area contributed by atoms with Crippen molar-refractivity contribution in [2.24, 2.45) is 0 Å². The Balaban J connectivity index is 0.000000130. The second-order valence-electron chi connectivity index (χ2n) is 27.3. The summed E-state index contributed by atoms with van der Waals surface area (Å²) in [6.07, 6.45) is 8.41. The first kappa shape index (κ1) is 81.9. The molecule has 0 saturated heterocycles. The zero-order chi connectivity index (χ0) is 75.1. The second-order valence-corrected chi connectivity index (χ2v) is 38.4. The number of rotatable bonds is 8. The van der Waals surface area contributed by atoms with Gasteiger partial charge < -0.3 is 9.80 Å². The van der Waals surface area contributed by atoms with Gasteiger partial charge in [-0.1, -0.05) is 42.1 Å². The summed E-state index contributed by atoms with van der Waals surface area (Å²) in [7, 11) is 4.67. The Morgan fingerprint density at radius 2 is 0.690 bits per heavy atom. The molecule has 0 spiro atoms. The molecule has 8 heterocycles. The molecule has 7 aliphatic rings. The molecular formula is C92H72N8O5Rh4SSe3. The Bertz CT molecular complexity index is 6110. The van der Waals surface area contributed by atoms with E-state index in [9.17, 15) is 19.9 Å². The summed E-state index contributed by atoms with van der Waals surface area (Å²) in [5.41, 5.74) is 22.1. The molecule has 7 aliphatic heterocycles. The molecule has 570 valence electrons. The van der Waals surface area contributed by atoms with Gasteiger partial charge in [-0.3, -0.25) is 0 Å². The van der Waals surface area contributed by atoms with Crippen molar-refractivity contribution in [3.63, 3.8) is 0 Å². The van der Waals surface area contributed by atoms with Gasteiger partial charge in [0.1, 0.15) is 0 Å². The Morgan fingerprint density at radius 3 is 1.20 bits per heavy atom. The van der Waals surface area contributed by atoms with Crippen LogP contribution in [0.3, 0.4) is 0 Å². The van der Waals surface area contributed by atoms with Crippen LogP contribution in [0, 0.1) is 54.4 Å². The maximum Gasteiger partial charge on any atom is 2.00 e. The molecule has 13 aromatic rings. The van der Waals surface area contributed by atoms with Gasteiger partial charge in [0.25, 0.3) is 0 Å². The summed E-state index contributed by atoms with van der Waals surface area (Å²) in [5, 5.41) is 2.79. The van der Waals surface area contributed by atoms with E-state index in [-0.39, 0.29) is 77.9 Å². The van der Waals surface area contributed by atoms with E-state index in [1.165, 1.54) is 30.6 Å². The summed E-state index contributed by atoms with van der Waals surface area (Å²) in [5.74, 6) is 0. The molecule has 0 bridgehead atoms. The molecule has 1 unspecified atom stereocenters. The van der Waals surface area contributed by atoms with Crippen molar-refractivity contribution in [2.75, 3.05) is 47.8 Å². The van der Waals surface area contributed by atoms with E-state index in [1.54, 1.807) is 36.4 Å². The van der Waals surface area contributed by atoms with Gasteiger partial charge in [-0.05, 0) is 37.0 Å². The fraction of sp³-hybridized carbons (Fsp3) is 0.0435. The van der Waals surface area contributed by atoms with Gasteiger partial charge >= 0.3 is 567 Å². The molecule has 21 heteroatoms. The second kappa shape index (κ2) is 33.4. The van der Waals surface area contributed by atoms with Gasteiger partial charge in [0.2, 0.25) is 9.84 Å². The van der Waals surface area contributed by atoms with Crippen LogP contribution >= 0.6 is 0 Å². The Kier molecular flexibility index (Phi) is 24.2. The van der Waals surface area contributed by atoms with Crippen molar-refractivity contribution in [1.29, 1.82) is 0 Å². The van der Waals surface area contributed by atoms with Crippen LogP contribution in [-0.2, 0) is 99.3 Å². The Morgan fingerprint density at radius 1 is 0.336 bits per heavy atom. The van der Waals surface area contributed by atoms with Crippen molar-refractivity contribution in [1.82, 2.24) is 19.6 Å². The van der Waals surface area contributed by atoms with Crippen LogP contribution < -0.4 is 37.4 Å². The van der Waals surface area contributed by atoms with E-state index < -0.39 is 36.4 Å². The van der Waals surface area contributed by atoms with Crippen LogP contribution in [0.4, 0.5) is 22.7 Å². The van der Waals surface area contributed by atoms with Gasteiger partial charge in [-0.2, -0.15) is 25.2 Å². The third kappa shape index (κ3) is 15.2. The number of sulfone groups is 1. The molecule has 0 saturated carbocycles. The first-order valence-electron chi connectivity index (χ1n) is 35.3. The minimum absolute atomic E-state index is 0. The number of benzene rings is 12. The quantitative estimate of drug-likeness (QED) is 0.106. The van der Waals surface area contributed by atoms with Crippen molar-refractivity contribution >= 4 is 134 Å². The Labute approximate surface area is 725 Å². The molecule has 0 N–H and O–H groups in total. The summed E-state index contributed by atoms with van der Waals surface area (Å²) >= 11 is -6.02. The fourth-order valence-electron chi connectivity index (χ4n) is 15.0. The molecule has 20 rings (SSSR count). The average Bonchev–Trinajstić information content (AvgIpc) is 1.58. The zero-order valence-corrected chi connectivity index (χ0v) is 73.9. The van der Waals surface area contributed by atoms with E-state index in [0.717, 1.165) is 121 Å². The largest absolute Gasteiger partial charge is 2.00 e. The predicted octanol–water partition coefficient (Wildman–Crippen LogP) is 16.0. The minimum Gasteiger partial charge on any atom is 2.00 e. The van der Waals surface area contributed by atoms with Crippen molar-refractivity contribution in [3.05, 3.63) is 391 Å². The van der Waals surface area contributed by atoms with Crippen molar-refractivity contribution < 1.29 is 97.8 Å². The van der Waals surface area contributed by atoms with Gasteiger partial charge in [0.15, 0.2) is 0 Å². The maximum absolute atomic E-state index is 12.9. The summed E-state index contributed by atoms with van der Waals surface area (Å²) in [6, 6.07) is 87.9. The van der Waals surface area contributed by atoms with Crippen LogP contribution in [0.5, 0.6) is 0 Å². The van der Waals surface area contributed by atoms with Gasteiger partial charge in [-0.25, -0.2) is 8.42 Å². The van der Waals surface area contributed by atoms with E-state index in [2.05, 4.69) is 159 Å². The van der Waals surface area contributed by atoms with Crippen molar-refractivity contribution in [3.8, 4) is 33.4 Å². The van der Waals surface area contributed by atoms with Crippen molar-refractivity contribution in [2.45, 2.75) is 9.79 Å². The van der Waals surface area contributed by atoms with Crippen LogP contribution in [0.15, 0.2) is 302 Å². The van der Waals surface area contributed by atoms with Gasteiger partial charge in [0.05, 0.1) is 9.79 Å². The molecule has 12 aromatic carbocycles. The molecule has 113 heavy (non-hydrogen) atoms. The van der Waals surface area contributed by atoms with Gasteiger partial charge in [-0.15, -0.1) is 6.07 Å². The monoisotopic (exact) mass is 2050 g/mol. The normalized spacial score (nSPS) is 15.8. The molecule has 1 aromatic heterocycles. The number of nitrogens with zero attached hydrogens (tertiary/aromatic N) is 8. The van der Waals surface area contributed by atoms with Crippen LogP contribution in [-0.4, -0.2) is 97.3 Å². The van der Waals surface area contributed by atoms with E-state index in [0.29, 0.717) is 33.2 Å². The maximum atomic E-state index is 12.9. The number of anilines is 4. The summed E-state index contributed by atoms with van der Waals surface area (Å²) in [4.78, 5) is 17.5. The third-order valence-electron chi connectivity index (χ3n) is 20.4. The van der Waals surface area contributed by atoms with E-state index in [4.69, 9.17) is 0 Å². The number of para-hydroxylation sites is 4. The summed E-state index contributed by atoms with van der Waals surface area (Å²) < 4.78 is 70.0. The number of fused-ring (bicyclic) bond motifs is 12. The molecule has 13 nitrogen and oxygen atoms in total. The van der Waals surface area contributed by atoms with E-state index >= 15 is 0 Å². The molecule has 1 atom stereocenters.